The lowest BCUT2D eigenvalue weighted by Gasteiger charge is -2.14. The molecule has 1 rings (SSSR count). The summed E-state index contributed by atoms with van der Waals surface area (Å²) in [4.78, 5) is 13.1. The Labute approximate surface area is 77.9 Å². The van der Waals surface area contributed by atoms with E-state index >= 15 is 0 Å². The number of amides is 1. The van der Waals surface area contributed by atoms with E-state index in [0.717, 1.165) is 19.5 Å². The summed E-state index contributed by atoms with van der Waals surface area (Å²) in [6.45, 7) is 2.26. The van der Waals surface area contributed by atoms with Gasteiger partial charge in [0.2, 0.25) is 5.91 Å². The van der Waals surface area contributed by atoms with Gasteiger partial charge in [0.1, 0.15) is 0 Å². The third kappa shape index (κ3) is 2.35. The van der Waals surface area contributed by atoms with Crippen molar-refractivity contribution in [2.45, 2.75) is 12.8 Å². The number of rotatable bonds is 4. The van der Waals surface area contributed by atoms with Crippen LogP contribution in [0.1, 0.15) is 12.8 Å². The number of hydrogen-bond donors (Lipinski definition) is 1. The largest absolute Gasteiger partial charge is 0.342 e. The monoisotopic (exact) mass is 190 g/mol. The molecule has 0 aromatic carbocycles. The predicted molar refractivity (Wildman–Crippen MR) is 49.1 cm³/mol. The smallest absolute Gasteiger partial charge is 0.222 e. The van der Waals surface area contributed by atoms with E-state index in [1.807, 2.05) is 4.90 Å². The predicted octanol–water partition coefficient (Wildman–Crippen LogP) is 0.423. The number of hydrogen-bond acceptors (Lipinski definition) is 2. The van der Waals surface area contributed by atoms with E-state index < -0.39 is 0 Å². The van der Waals surface area contributed by atoms with E-state index in [9.17, 15) is 4.79 Å². The summed E-state index contributed by atoms with van der Waals surface area (Å²) in [5, 5.41) is 0. The zero-order valence-corrected chi connectivity index (χ0v) is 7.89. The quantitative estimate of drug-likeness (QED) is 0.654. The average molecular weight is 191 g/mol. The van der Waals surface area contributed by atoms with Gasteiger partial charge in [-0.05, 0) is 18.9 Å². The Kier molecular flexibility index (Phi) is 3.82. The van der Waals surface area contributed by atoms with Crippen LogP contribution in [0.2, 0.25) is 0 Å². The molecule has 3 nitrogen and oxygen atoms in total. The van der Waals surface area contributed by atoms with Crippen LogP contribution in [-0.2, 0) is 4.79 Å². The third-order valence-electron chi connectivity index (χ3n) is 2.14. The lowest BCUT2D eigenvalue weighted by Crippen LogP contribution is -2.27. The van der Waals surface area contributed by atoms with Crippen LogP contribution in [0.3, 0.4) is 0 Å². The molecule has 0 spiro atoms. The molecular formula is C8H15ClN2O. The molecule has 0 bridgehead atoms. The fourth-order valence-electron chi connectivity index (χ4n) is 1.46. The topological polar surface area (TPSA) is 46.3 Å². The van der Waals surface area contributed by atoms with Crippen molar-refractivity contribution in [3.05, 3.63) is 0 Å². The zero-order valence-electron chi connectivity index (χ0n) is 7.13. The van der Waals surface area contributed by atoms with Crippen LogP contribution in [-0.4, -0.2) is 36.3 Å². The summed E-state index contributed by atoms with van der Waals surface area (Å²) >= 11 is 5.67. The van der Waals surface area contributed by atoms with Crippen LogP contribution in [0.5, 0.6) is 0 Å². The third-order valence-corrected chi connectivity index (χ3v) is 2.58. The fraction of sp³-hybridized carbons (Fsp3) is 0.875. The summed E-state index contributed by atoms with van der Waals surface area (Å²) in [6, 6.07) is 0. The molecule has 12 heavy (non-hydrogen) atoms. The molecule has 1 unspecified atom stereocenters. The summed E-state index contributed by atoms with van der Waals surface area (Å²) in [5.41, 5.74) is 5.36. The van der Waals surface area contributed by atoms with Crippen LogP contribution in [0.25, 0.3) is 0 Å². The molecule has 0 aliphatic carbocycles. The van der Waals surface area contributed by atoms with Gasteiger partial charge in [0.25, 0.3) is 0 Å². The summed E-state index contributed by atoms with van der Waals surface area (Å²) in [6.07, 6.45) is 1.51. The molecule has 1 atom stereocenters. The Hall–Kier alpha value is -0.280. The Balaban J connectivity index is 2.31. The van der Waals surface area contributed by atoms with Crippen molar-refractivity contribution in [3.63, 3.8) is 0 Å². The highest BCUT2D eigenvalue weighted by Gasteiger charge is 2.27. The van der Waals surface area contributed by atoms with Gasteiger partial charge >= 0.3 is 0 Å². The SMILES string of the molecule is NCCCN1CC(CCl)CC1=O. The highest BCUT2D eigenvalue weighted by atomic mass is 35.5. The second kappa shape index (κ2) is 4.67. The maximum atomic E-state index is 11.3. The molecule has 0 aromatic rings. The van der Waals surface area contributed by atoms with Crippen molar-refractivity contribution in [1.82, 2.24) is 4.90 Å². The molecule has 2 N–H and O–H groups in total. The number of carbonyl (C=O) groups is 1. The molecule has 1 aliphatic heterocycles. The first-order valence-corrected chi connectivity index (χ1v) is 4.85. The van der Waals surface area contributed by atoms with Crippen LogP contribution >= 0.6 is 11.6 Å². The lowest BCUT2D eigenvalue weighted by molar-refractivity contribution is -0.127. The van der Waals surface area contributed by atoms with Gasteiger partial charge in [0.05, 0.1) is 0 Å². The summed E-state index contributed by atoms with van der Waals surface area (Å²) < 4.78 is 0. The van der Waals surface area contributed by atoms with Crippen molar-refractivity contribution < 1.29 is 4.79 Å². The molecule has 1 amide bonds. The van der Waals surface area contributed by atoms with Crippen LogP contribution in [0, 0.1) is 5.92 Å². The van der Waals surface area contributed by atoms with Crippen molar-refractivity contribution in [2.75, 3.05) is 25.5 Å². The van der Waals surface area contributed by atoms with Gasteiger partial charge in [-0.1, -0.05) is 0 Å². The minimum absolute atomic E-state index is 0.231. The maximum absolute atomic E-state index is 11.3. The van der Waals surface area contributed by atoms with Gasteiger partial charge in [0.15, 0.2) is 0 Å². The van der Waals surface area contributed by atoms with Gasteiger partial charge in [-0.3, -0.25) is 4.79 Å². The highest BCUT2D eigenvalue weighted by molar-refractivity contribution is 6.18. The van der Waals surface area contributed by atoms with E-state index in [1.54, 1.807) is 0 Å². The molecule has 1 aliphatic rings. The molecule has 0 saturated carbocycles. The van der Waals surface area contributed by atoms with Gasteiger partial charge < -0.3 is 10.6 Å². The molecule has 0 aromatic heterocycles. The van der Waals surface area contributed by atoms with E-state index in [2.05, 4.69) is 0 Å². The fourth-order valence-corrected chi connectivity index (χ4v) is 1.66. The Morgan fingerprint density at radius 1 is 1.67 bits per heavy atom. The van der Waals surface area contributed by atoms with Crippen molar-refractivity contribution in [1.29, 1.82) is 0 Å². The molecule has 4 heteroatoms. The van der Waals surface area contributed by atoms with E-state index in [-0.39, 0.29) is 5.91 Å². The number of carbonyl (C=O) groups excluding carboxylic acids is 1. The lowest BCUT2D eigenvalue weighted by atomic mass is 10.1. The van der Waals surface area contributed by atoms with Crippen LogP contribution < -0.4 is 5.73 Å². The molecule has 0 radical (unpaired) electrons. The number of alkyl halides is 1. The van der Waals surface area contributed by atoms with Crippen molar-refractivity contribution >= 4 is 17.5 Å². The Morgan fingerprint density at radius 3 is 2.92 bits per heavy atom. The summed E-state index contributed by atoms with van der Waals surface area (Å²) in [5.74, 6) is 1.18. The van der Waals surface area contributed by atoms with Gasteiger partial charge in [-0.2, -0.15) is 0 Å². The minimum Gasteiger partial charge on any atom is -0.342 e. The normalized spacial score (nSPS) is 23.7. The number of halogens is 1. The second-order valence-electron chi connectivity index (χ2n) is 3.21. The first-order chi connectivity index (χ1) is 5.77. The number of likely N-dealkylation sites (tertiary alicyclic amines) is 1. The van der Waals surface area contributed by atoms with E-state index in [4.69, 9.17) is 17.3 Å². The Morgan fingerprint density at radius 2 is 2.42 bits per heavy atom. The zero-order chi connectivity index (χ0) is 8.97. The molecule has 1 fully saturated rings. The first-order valence-electron chi connectivity index (χ1n) is 4.31. The molecular weight excluding hydrogens is 176 g/mol. The van der Waals surface area contributed by atoms with Crippen LogP contribution in [0.15, 0.2) is 0 Å². The minimum atomic E-state index is 0.231. The number of nitrogens with two attached hydrogens (primary N) is 1. The van der Waals surface area contributed by atoms with Crippen molar-refractivity contribution in [2.24, 2.45) is 11.7 Å². The average Bonchev–Trinajstić information content (AvgIpc) is 2.43. The maximum Gasteiger partial charge on any atom is 0.222 e. The van der Waals surface area contributed by atoms with Gasteiger partial charge in [0, 0.05) is 25.4 Å². The molecule has 1 heterocycles. The number of nitrogens with zero attached hydrogens (tertiary/aromatic N) is 1. The van der Waals surface area contributed by atoms with E-state index in [0.29, 0.717) is 24.8 Å². The van der Waals surface area contributed by atoms with Crippen molar-refractivity contribution in [3.8, 4) is 0 Å². The molecule has 1 saturated heterocycles. The van der Waals surface area contributed by atoms with E-state index in [1.165, 1.54) is 0 Å². The summed E-state index contributed by atoms with van der Waals surface area (Å²) in [7, 11) is 0. The standard InChI is InChI=1S/C8H15ClN2O/c9-5-7-4-8(12)11(6-7)3-1-2-10/h7H,1-6,10H2. The molecule has 70 valence electrons. The van der Waals surface area contributed by atoms with Gasteiger partial charge in [-0.25, -0.2) is 0 Å². The highest BCUT2D eigenvalue weighted by Crippen LogP contribution is 2.18. The Bertz CT molecular complexity index is 163. The van der Waals surface area contributed by atoms with Crippen LogP contribution in [0.4, 0.5) is 0 Å². The first kappa shape index (κ1) is 9.81. The second-order valence-corrected chi connectivity index (χ2v) is 3.52. The van der Waals surface area contributed by atoms with Gasteiger partial charge in [-0.15, -0.1) is 11.6 Å².